The first-order chi connectivity index (χ1) is 15.0. The van der Waals surface area contributed by atoms with Crippen molar-refractivity contribution in [3.05, 3.63) is 52.6 Å². The molecule has 0 radical (unpaired) electrons. The number of nitrogens with zero attached hydrogens (tertiary/aromatic N) is 2. The van der Waals surface area contributed by atoms with Crippen LogP contribution in [-0.2, 0) is 16.0 Å². The van der Waals surface area contributed by atoms with Crippen LogP contribution < -0.4 is 5.32 Å². The summed E-state index contributed by atoms with van der Waals surface area (Å²) in [5.74, 6) is -0.899. The Kier molecular flexibility index (Phi) is 6.67. The summed E-state index contributed by atoms with van der Waals surface area (Å²) in [5.41, 5.74) is 5.14. The van der Waals surface area contributed by atoms with Crippen molar-refractivity contribution < 1.29 is 14.7 Å². The van der Waals surface area contributed by atoms with Crippen LogP contribution in [0.15, 0.2) is 41.3 Å². The van der Waals surface area contributed by atoms with E-state index < -0.39 is 5.97 Å². The van der Waals surface area contributed by atoms with Gasteiger partial charge in [-0.1, -0.05) is 42.5 Å². The van der Waals surface area contributed by atoms with Gasteiger partial charge in [0, 0.05) is 30.8 Å². The Morgan fingerprint density at radius 3 is 2.97 bits per heavy atom. The molecule has 0 atom stereocenters. The molecule has 31 heavy (non-hydrogen) atoms. The molecule has 0 aliphatic carbocycles. The van der Waals surface area contributed by atoms with Gasteiger partial charge in [-0.15, -0.1) is 0 Å². The minimum absolute atomic E-state index is 0.107. The first-order valence-electron chi connectivity index (χ1n) is 10.3. The van der Waals surface area contributed by atoms with Crippen molar-refractivity contribution in [2.75, 3.05) is 18.4 Å². The molecule has 1 aromatic heterocycles. The lowest BCUT2D eigenvalue weighted by Crippen LogP contribution is -2.29. The fourth-order valence-corrected chi connectivity index (χ4v) is 5.00. The van der Waals surface area contributed by atoms with Gasteiger partial charge in [0.2, 0.25) is 0 Å². The maximum Gasteiger partial charge on any atom is 0.303 e. The lowest BCUT2D eigenvalue weighted by molar-refractivity contribution is -0.137. The highest BCUT2D eigenvalue weighted by atomic mass is 32.2. The number of hydrogen-bond donors (Lipinski definition) is 2. The molecule has 0 bridgehead atoms. The zero-order valence-corrected chi connectivity index (χ0v) is 18.6. The number of anilines is 1. The van der Waals surface area contributed by atoms with Crippen LogP contribution in [0.2, 0.25) is 0 Å². The number of benzene rings is 1. The van der Waals surface area contributed by atoms with Gasteiger partial charge in [-0.2, -0.15) is 0 Å². The number of hydrogen-bond acceptors (Lipinski definition) is 6. The van der Waals surface area contributed by atoms with E-state index in [-0.39, 0.29) is 12.3 Å². The molecule has 3 heterocycles. The molecule has 1 amide bonds. The van der Waals surface area contributed by atoms with Gasteiger partial charge in [0.05, 0.1) is 16.3 Å². The van der Waals surface area contributed by atoms with Gasteiger partial charge < -0.3 is 10.4 Å². The van der Waals surface area contributed by atoms with Gasteiger partial charge in [0.15, 0.2) is 0 Å². The maximum atomic E-state index is 12.8. The monoisotopic (exact) mass is 453 g/mol. The van der Waals surface area contributed by atoms with Gasteiger partial charge in [-0.3, -0.25) is 14.5 Å². The summed E-state index contributed by atoms with van der Waals surface area (Å²) in [6.07, 6.45) is 5.05. The van der Waals surface area contributed by atoms with E-state index in [1.165, 1.54) is 23.0 Å². The molecular formula is C23H23N3O3S2. The van der Waals surface area contributed by atoms with Crippen molar-refractivity contribution in [2.45, 2.75) is 32.1 Å². The van der Waals surface area contributed by atoms with E-state index in [9.17, 15) is 9.59 Å². The molecule has 1 fully saturated rings. The van der Waals surface area contributed by atoms with Crippen molar-refractivity contribution in [1.29, 1.82) is 0 Å². The third-order valence-corrected chi connectivity index (χ3v) is 6.68. The summed E-state index contributed by atoms with van der Waals surface area (Å²) in [6.45, 7) is 1.48. The fraction of sp³-hybridized carbons (Fsp3) is 0.304. The summed E-state index contributed by atoms with van der Waals surface area (Å²) in [5, 5.41) is 12.1. The molecule has 0 spiro atoms. The topological polar surface area (TPSA) is 82.5 Å². The summed E-state index contributed by atoms with van der Waals surface area (Å²) in [6, 6.07) is 12.1. The van der Waals surface area contributed by atoms with E-state index in [1.54, 1.807) is 11.0 Å². The van der Waals surface area contributed by atoms with E-state index in [0.29, 0.717) is 22.2 Å². The number of unbranched alkanes of at least 4 members (excludes halogenated alkanes) is 2. The number of carbonyl (C=O) groups is 2. The zero-order valence-electron chi connectivity index (χ0n) is 17.0. The Bertz CT molecular complexity index is 1070. The van der Waals surface area contributed by atoms with E-state index in [0.717, 1.165) is 42.8 Å². The SMILES string of the molecule is O=C(O)CCCCCN1C(=O)/C(=C/c2cccc(-c3ccc4c(c3)CCN4)n2)SC1=S. The lowest BCUT2D eigenvalue weighted by atomic mass is 10.1. The molecule has 0 saturated carbocycles. The van der Waals surface area contributed by atoms with Gasteiger partial charge in [0.1, 0.15) is 4.32 Å². The summed E-state index contributed by atoms with van der Waals surface area (Å²) < 4.78 is 0.539. The second-order valence-electron chi connectivity index (χ2n) is 7.53. The number of carbonyl (C=O) groups excluding carboxylic acids is 1. The number of carboxylic acid groups (broad SMARTS) is 1. The van der Waals surface area contributed by atoms with Gasteiger partial charge in [-0.25, -0.2) is 4.98 Å². The predicted molar refractivity (Wildman–Crippen MR) is 128 cm³/mol. The smallest absolute Gasteiger partial charge is 0.303 e. The van der Waals surface area contributed by atoms with Crippen LogP contribution in [0, 0.1) is 0 Å². The quantitative estimate of drug-likeness (QED) is 0.344. The normalized spacial score (nSPS) is 16.6. The molecule has 6 nitrogen and oxygen atoms in total. The Morgan fingerprint density at radius 1 is 1.26 bits per heavy atom. The number of carboxylic acids is 1. The van der Waals surface area contributed by atoms with Gasteiger partial charge in [-0.05, 0) is 55.2 Å². The van der Waals surface area contributed by atoms with E-state index in [4.69, 9.17) is 22.3 Å². The van der Waals surface area contributed by atoms with Crippen molar-refractivity contribution in [3.8, 4) is 11.3 Å². The highest BCUT2D eigenvalue weighted by molar-refractivity contribution is 8.26. The predicted octanol–water partition coefficient (Wildman–Crippen LogP) is 4.56. The van der Waals surface area contributed by atoms with E-state index >= 15 is 0 Å². The number of amides is 1. The summed E-state index contributed by atoms with van der Waals surface area (Å²) in [7, 11) is 0. The number of fused-ring (bicyclic) bond motifs is 1. The minimum Gasteiger partial charge on any atom is -0.481 e. The van der Waals surface area contributed by atoms with Crippen molar-refractivity contribution >= 4 is 51.9 Å². The van der Waals surface area contributed by atoms with Crippen LogP contribution in [-0.4, -0.2) is 44.3 Å². The molecule has 2 aromatic rings. The van der Waals surface area contributed by atoms with Crippen molar-refractivity contribution in [1.82, 2.24) is 9.88 Å². The summed E-state index contributed by atoms with van der Waals surface area (Å²) in [4.78, 5) is 30.3. The Balaban J connectivity index is 1.44. The third kappa shape index (κ3) is 5.14. The standard InChI is InChI=1S/C23H23N3O3S2/c27-21(28)7-2-1-3-12-26-22(29)20(31-23(26)30)14-17-5-4-6-19(25-17)15-8-9-18-16(13-15)10-11-24-18/h4-6,8-9,13-14,24H,1-3,7,10-12H2,(H,27,28)/b20-14-. The molecule has 2 N–H and O–H groups in total. The molecule has 1 saturated heterocycles. The van der Waals surface area contributed by atoms with Crippen LogP contribution in [0.4, 0.5) is 5.69 Å². The fourth-order valence-electron chi connectivity index (χ4n) is 3.71. The van der Waals surface area contributed by atoms with Crippen LogP contribution in [0.25, 0.3) is 17.3 Å². The molecule has 0 unspecified atom stereocenters. The number of rotatable bonds is 8. The summed E-state index contributed by atoms with van der Waals surface area (Å²) >= 11 is 6.68. The van der Waals surface area contributed by atoms with Crippen LogP contribution in [0.1, 0.15) is 36.9 Å². The van der Waals surface area contributed by atoms with Crippen LogP contribution in [0.5, 0.6) is 0 Å². The Hall–Kier alpha value is -2.71. The Labute approximate surface area is 190 Å². The second-order valence-corrected chi connectivity index (χ2v) is 9.21. The molecular weight excluding hydrogens is 430 g/mol. The first-order valence-corrected chi connectivity index (χ1v) is 11.5. The van der Waals surface area contributed by atoms with Gasteiger partial charge >= 0.3 is 5.97 Å². The molecule has 2 aliphatic rings. The van der Waals surface area contributed by atoms with E-state index in [2.05, 4.69) is 23.5 Å². The average Bonchev–Trinajstić information content (AvgIpc) is 3.32. The average molecular weight is 454 g/mol. The number of nitrogens with one attached hydrogen (secondary N) is 1. The molecule has 160 valence electrons. The van der Waals surface area contributed by atoms with Gasteiger partial charge in [0.25, 0.3) is 5.91 Å². The number of thioether (sulfide) groups is 1. The second kappa shape index (κ2) is 9.62. The largest absolute Gasteiger partial charge is 0.481 e. The highest BCUT2D eigenvalue weighted by Crippen LogP contribution is 2.33. The molecule has 8 heteroatoms. The first kappa shape index (κ1) is 21.5. The lowest BCUT2D eigenvalue weighted by Gasteiger charge is -2.13. The maximum absolute atomic E-state index is 12.8. The molecule has 4 rings (SSSR count). The third-order valence-electron chi connectivity index (χ3n) is 5.31. The highest BCUT2D eigenvalue weighted by Gasteiger charge is 2.31. The zero-order chi connectivity index (χ0) is 21.8. The van der Waals surface area contributed by atoms with Crippen molar-refractivity contribution in [2.24, 2.45) is 0 Å². The van der Waals surface area contributed by atoms with Crippen LogP contribution in [0.3, 0.4) is 0 Å². The molecule has 2 aliphatic heterocycles. The van der Waals surface area contributed by atoms with E-state index in [1.807, 2.05) is 18.2 Å². The molecule has 1 aromatic carbocycles. The number of pyridine rings is 1. The number of aromatic nitrogens is 1. The number of thiocarbonyl (C=S) groups is 1. The number of aliphatic carboxylic acids is 1. The van der Waals surface area contributed by atoms with Crippen molar-refractivity contribution in [3.63, 3.8) is 0 Å². The minimum atomic E-state index is -0.792. The Morgan fingerprint density at radius 2 is 2.13 bits per heavy atom. The van der Waals surface area contributed by atoms with Crippen LogP contribution >= 0.6 is 24.0 Å².